The van der Waals surface area contributed by atoms with Crippen LogP contribution in [0.4, 0.5) is 15.8 Å². The van der Waals surface area contributed by atoms with E-state index in [9.17, 15) is 12.8 Å². The van der Waals surface area contributed by atoms with Gasteiger partial charge in [0.1, 0.15) is 5.82 Å². The molecule has 0 aromatic heterocycles. The fraction of sp³-hybridized carbons (Fsp3) is 0.700. The molecular weight excluding hydrogens is 381 g/mol. The standard InChI is InChI=1S/C20H34FN3O3S/c1-15(2)28(25,26)23-11-7-5-6-10-22-20-9-8-18(12-19(20)21)24-13-16(3)27-17(4)14-24/h8-9,12,15-17,22-23H,5-7,10-11,13-14H2,1-4H3/t16-,17+. The summed E-state index contributed by atoms with van der Waals surface area (Å²) in [5, 5.41) is 2.72. The van der Waals surface area contributed by atoms with Gasteiger partial charge in [-0.2, -0.15) is 0 Å². The highest BCUT2D eigenvalue weighted by Gasteiger charge is 2.23. The van der Waals surface area contributed by atoms with Crippen molar-refractivity contribution in [3.63, 3.8) is 0 Å². The number of nitrogens with one attached hydrogen (secondary N) is 2. The van der Waals surface area contributed by atoms with Gasteiger partial charge < -0.3 is 15.0 Å². The van der Waals surface area contributed by atoms with Crippen LogP contribution in [-0.2, 0) is 14.8 Å². The number of rotatable bonds is 10. The third-order valence-corrected chi connectivity index (χ3v) is 6.68. The first-order valence-electron chi connectivity index (χ1n) is 10.1. The SMILES string of the molecule is CC(C)S(=O)(=O)NCCCCCNc1ccc(N2C[C@@H](C)O[C@@H](C)C2)cc1F. The third-order valence-electron chi connectivity index (χ3n) is 4.83. The monoisotopic (exact) mass is 415 g/mol. The summed E-state index contributed by atoms with van der Waals surface area (Å²) in [4.78, 5) is 2.16. The second-order valence-corrected chi connectivity index (χ2v) is 10.1. The Labute approximate surface area is 168 Å². The van der Waals surface area contributed by atoms with Crippen molar-refractivity contribution >= 4 is 21.4 Å². The van der Waals surface area contributed by atoms with Gasteiger partial charge in [0.25, 0.3) is 0 Å². The third kappa shape index (κ3) is 6.90. The highest BCUT2D eigenvalue weighted by molar-refractivity contribution is 7.90. The number of sulfonamides is 1. The van der Waals surface area contributed by atoms with Crippen molar-refractivity contribution in [2.24, 2.45) is 0 Å². The van der Waals surface area contributed by atoms with Crippen molar-refractivity contribution < 1.29 is 17.5 Å². The Balaban J connectivity index is 1.72. The van der Waals surface area contributed by atoms with E-state index in [1.165, 1.54) is 0 Å². The summed E-state index contributed by atoms with van der Waals surface area (Å²) in [7, 11) is -3.19. The molecule has 0 spiro atoms. The molecule has 2 N–H and O–H groups in total. The number of ether oxygens (including phenoxy) is 1. The van der Waals surface area contributed by atoms with E-state index >= 15 is 0 Å². The number of nitrogens with zero attached hydrogens (tertiary/aromatic N) is 1. The number of hydrogen-bond acceptors (Lipinski definition) is 5. The maximum atomic E-state index is 14.4. The smallest absolute Gasteiger partial charge is 0.213 e. The Hall–Kier alpha value is -1.38. The van der Waals surface area contributed by atoms with E-state index < -0.39 is 15.3 Å². The molecule has 1 fully saturated rings. The average Bonchev–Trinajstić information content (AvgIpc) is 2.61. The van der Waals surface area contributed by atoms with Crippen LogP contribution in [0.1, 0.15) is 47.0 Å². The molecule has 0 bridgehead atoms. The molecule has 160 valence electrons. The Morgan fingerprint density at radius 2 is 1.79 bits per heavy atom. The summed E-state index contributed by atoms with van der Waals surface area (Å²) in [5.74, 6) is -0.256. The van der Waals surface area contributed by atoms with Gasteiger partial charge in [-0.3, -0.25) is 0 Å². The molecule has 0 radical (unpaired) electrons. The second kappa shape index (κ2) is 10.4. The molecule has 1 aromatic rings. The van der Waals surface area contributed by atoms with E-state index in [0.717, 1.165) is 38.0 Å². The molecule has 6 nitrogen and oxygen atoms in total. The zero-order valence-electron chi connectivity index (χ0n) is 17.4. The minimum atomic E-state index is -3.19. The normalized spacial score (nSPS) is 20.6. The molecule has 0 saturated carbocycles. The van der Waals surface area contributed by atoms with Crippen molar-refractivity contribution in [3.05, 3.63) is 24.0 Å². The first kappa shape index (κ1) is 22.9. The molecule has 2 rings (SSSR count). The summed E-state index contributed by atoms with van der Waals surface area (Å²) in [6, 6.07) is 5.30. The first-order valence-corrected chi connectivity index (χ1v) is 11.7. The predicted molar refractivity (Wildman–Crippen MR) is 113 cm³/mol. The van der Waals surface area contributed by atoms with Gasteiger partial charge in [0.05, 0.1) is 23.1 Å². The van der Waals surface area contributed by atoms with Gasteiger partial charge in [0, 0.05) is 31.9 Å². The van der Waals surface area contributed by atoms with Crippen LogP contribution in [-0.4, -0.2) is 52.1 Å². The first-order chi connectivity index (χ1) is 13.2. The molecule has 1 aromatic carbocycles. The number of hydrogen-bond donors (Lipinski definition) is 2. The van der Waals surface area contributed by atoms with E-state index in [-0.39, 0.29) is 18.0 Å². The predicted octanol–water partition coefficient (Wildman–Crippen LogP) is 3.35. The fourth-order valence-electron chi connectivity index (χ4n) is 3.26. The lowest BCUT2D eigenvalue weighted by Crippen LogP contribution is -2.45. The highest BCUT2D eigenvalue weighted by atomic mass is 32.2. The summed E-state index contributed by atoms with van der Waals surface area (Å²) in [5.41, 5.74) is 1.38. The van der Waals surface area contributed by atoms with Gasteiger partial charge in [0.2, 0.25) is 10.0 Å². The highest BCUT2D eigenvalue weighted by Crippen LogP contribution is 2.25. The van der Waals surface area contributed by atoms with Crippen molar-refractivity contribution in [3.8, 4) is 0 Å². The molecule has 2 atom stereocenters. The molecule has 1 heterocycles. The van der Waals surface area contributed by atoms with Gasteiger partial charge >= 0.3 is 0 Å². The maximum absolute atomic E-state index is 14.4. The summed E-state index contributed by atoms with van der Waals surface area (Å²) < 4.78 is 46.1. The molecule has 8 heteroatoms. The zero-order valence-corrected chi connectivity index (χ0v) is 18.2. The lowest BCUT2D eigenvalue weighted by atomic mass is 10.2. The van der Waals surface area contributed by atoms with Gasteiger partial charge in [-0.15, -0.1) is 0 Å². The van der Waals surface area contributed by atoms with Crippen LogP contribution < -0.4 is 14.9 Å². The Morgan fingerprint density at radius 3 is 2.39 bits per heavy atom. The van der Waals surface area contributed by atoms with E-state index in [4.69, 9.17) is 4.74 Å². The van der Waals surface area contributed by atoms with Crippen LogP contribution in [0.3, 0.4) is 0 Å². The number of morpholine rings is 1. The number of anilines is 2. The van der Waals surface area contributed by atoms with Crippen LogP contribution in [0.5, 0.6) is 0 Å². The van der Waals surface area contributed by atoms with Crippen molar-refractivity contribution in [1.29, 1.82) is 0 Å². The topological polar surface area (TPSA) is 70.7 Å². The summed E-state index contributed by atoms with van der Waals surface area (Å²) in [6.07, 6.45) is 2.76. The maximum Gasteiger partial charge on any atom is 0.213 e. The van der Waals surface area contributed by atoms with E-state index in [1.807, 2.05) is 19.9 Å². The van der Waals surface area contributed by atoms with Crippen LogP contribution in [0.2, 0.25) is 0 Å². The molecule has 1 aliphatic heterocycles. The number of benzene rings is 1. The zero-order chi connectivity index (χ0) is 20.7. The van der Waals surface area contributed by atoms with Crippen LogP contribution in [0.25, 0.3) is 0 Å². The molecular formula is C20H34FN3O3S. The largest absolute Gasteiger partial charge is 0.383 e. The average molecular weight is 416 g/mol. The molecule has 0 aliphatic carbocycles. The van der Waals surface area contributed by atoms with Crippen molar-refractivity contribution in [1.82, 2.24) is 4.72 Å². The number of unbranched alkanes of at least 4 members (excludes halogenated alkanes) is 2. The Bertz CT molecular complexity index is 717. The minimum Gasteiger partial charge on any atom is -0.383 e. The van der Waals surface area contributed by atoms with E-state index in [1.54, 1.807) is 26.0 Å². The van der Waals surface area contributed by atoms with Crippen LogP contribution in [0, 0.1) is 5.82 Å². The second-order valence-electron chi connectivity index (χ2n) is 7.80. The molecule has 28 heavy (non-hydrogen) atoms. The van der Waals surface area contributed by atoms with Gasteiger partial charge in [0.15, 0.2) is 0 Å². The van der Waals surface area contributed by atoms with Gasteiger partial charge in [-0.1, -0.05) is 6.42 Å². The molecule has 1 aliphatic rings. The van der Waals surface area contributed by atoms with Crippen molar-refractivity contribution in [2.75, 3.05) is 36.4 Å². The molecule has 0 unspecified atom stereocenters. The quantitative estimate of drug-likeness (QED) is 0.574. The minimum absolute atomic E-state index is 0.134. The summed E-state index contributed by atoms with van der Waals surface area (Å²) >= 11 is 0. The lowest BCUT2D eigenvalue weighted by Gasteiger charge is -2.37. The molecule has 1 saturated heterocycles. The summed E-state index contributed by atoms with van der Waals surface area (Å²) in [6.45, 7) is 10.00. The van der Waals surface area contributed by atoms with E-state index in [2.05, 4.69) is 14.9 Å². The number of halogens is 1. The van der Waals surface area contributed by atoms with Crippen molar-refractivity contribution in [2.45, 2.75) is 64.4 Å². The Morgan fingerprint density at radius 1 is 1.14 bits per heavy atom. The van der Waals surface area contributed by atoms with E-state index in [0.29, 0.717) is 18.8 Å². The van der Waals surface area contributed by atoms with Gasteiger partial charge in [-0.25, -0.2) is 17.5 Å². The molecule has 0 amide bonds. The van der Waals surface area contributed by atoms with Crippen LogP contribution in [0.15, 0.2) is 18.2 Å². The van der Waals surface area contributed by atoms with Gasteiger partial charge in [-0.05, 0) is 58.7 Å². The van der Waals surface area contributed by atoms with Crippen LogP contribution >= 0.6 is 0 Å². The fourth-order valence-corrected chi connectivity index (χ4v) is 4.03. The lowest BCUT2D eigenvalue weighted by molar-refractivity contribution is -0.00523. The Kier molecular flexibility index (Phi) is 8.52.